The normalized spacial score (nSPS) is 14.7. The Morgan fingerprint density at radius 2 is 2.11 bits per heavy atom. The number of carbonyl (C=O) groups excluding carboxylic acids is 1. The summed E-state index contributed by atoms with van der Waals surface area (Å²) in [6.07, 6.45) is 1.76. The lowest BCUT2D eigenvalue weighted by atomic mass is 10.1. The quantitative estimate of drug-likeness (QED) is 0.887. The molecule has 5 heteroatoms. The van der Waals surface area contributed by atoms with Crippen molar-refractivity contribution in [2.75, 3.05) is 6.54 Å². The lowest BCUT2D eigenvalue weighted by molar-refractivity contribution is -0.137. The van der Waals surface area contributed by atoms with Crippen molar-refractivity contribution in [3.05, 3.63) is 23.2 Å². The van der Waals surface area contributed by atoms with Gasteiger partial charge in [0.1, 0.15) is 18.1 Å². The minimum absolute atomic E-state index is 0.0698. The standard InChI is InChI=1S/C14H19NO4/c1-8(2)12-6-11(9(3)19-12)14(18)15(7-13(16)17)10-4-5-10/h6,8,10H,4-5,7H2,1-3H3,(H,16,17). The lowest BCUT2D eigenvalue weighted by Gasteiger charge is -2.19. The Morgan fingerprint density at radius 3 is 2.53 bits per heavy atom. The number of hydrogen-bond acceptors (Lipinski definition) is 3. The predicted molar refractivity (Wildman–Crippen MR) is 69.2 cm³/mol. The molecule has 0 aromatic carbocycles. The van der Waals surface area contributed by atoms with Crippen LogP contribution in [-0.2, 0) is 4.79 Å². The SMILES string of the molecule is Cc1oc(C(C)C)cc1C(=O)N(CC(=O)O)C1CC1. The van der Waals surface area contributed by atoms with Crippen LogP contribution < -0.4 is 0 Å². The van der Waals surface area contributed by atoms with E-state index in [0.717, 1.165) is 18.6 Å². The van der Waals surface area contributed by atoms with Crippen LogP contribution in [0.3, 0.4) is 0 Å². The third-order valence-corrected chi connectivity index (χ3v) is 3.29. The van der Waals surface area contributed by atoms with Gasteiger partial charge in [-0.1, -0.05) is 13.8 Å². The van der Waals surface area contributed by atoms with E-state index >= 15 is 0 Å². The molecule has 0 spiro atoms. The molecule has 5 nitrogen and oxygen atoms in total. The summed E-state index contributed by atoms with van der Waals surface area (Å²) in [6.45, 7) is 5.47. The van der Waals surface area contributed by atoms with E-state index in [0.29, 0.717) is 11.3 Å². The number of aryl methyl sites for hydroxylation is 1. The molecular formula is C14H19NO4. The van der Waals surface area contributed by atoms with Gasteiger partial charge in [0.15, 0.2) is 0 Å². The van der Waals surface area contributed by atoms with Crippen molar-refractivity contribution >= 4 is 11.9 Å². The molecule has 1 amide bonds. The average Bonchev–Trinajstić information content (AvgIpc) is 3.07. The zero-order valence-electron chi connectivity index (χ0n) is 11.5. The smallest absolute Gasteiger partial charge is 0.323 e. The number of aliphatic carboxylic acids is 1. The zero-order chi connectivity index (χ0) is 14.2. The molecule has 1 aromatic heterocycles. The molecule has 1 heterocycles. The van der Waals surface area contributed by atoms with Gasteiger partial charge in [0.2, 0.25) is 0 Å². The van der Waals surface area contributed by atoms with E-state index in [2.05, 4.69) is 0 Å². The molecule has 0 unspecified atom stereocenters. The van der Waals surface area contributed by atoms with Crippen molar-refractivity contribution in [1.82, 2.24) is 4.90 Å². The van der Waals surface area contributed by atoms with Crippen LogP contribution in [0.25, 0.3) is 0 Å². The van der Waals surface area contributed by atoms with Crippen LogP contribution in [0.1, 0.15) is 54.5 Å². The first-order valence-electron chi connectivity index (χ1n) is 6.53. The van der Waals surface area contributed by atoms with Crippen molar-refractivity contribution in [3.63, 3.8) is 0 Å². The third kappa shape index (κ3) is 2.97. The summed E-state index contributed by atoms with van der Waals surface area (Å²) in [5, 5.41) is 8.90. The van der Waals surface area contributed by atoms with E-state index in [1.165, 1.54) is 4.90 Å². The highest BCUT2D eigenvalue weighted by Crippen LogP contribution is 2.30. The van der Waals surface area contributed by atoms with Crippen LogP contribution >= 0.6 is 0 Å². The first-order valence-corrected chi connectivity index (χ1v) is 6.53. The number of amides is 1. The Bertz CT molecular complexity index is 500. The molecule has 2 rings (SSSR count). The second-order valence-electron chi connectivity index (χ2n) is 5.33. The van der Waals surface area contributed by atoms with Gasteiger partial charge in [0, 0.05) is 12.0 Å². The fraction of sp³-hybridized carbons (Fsp3) is 0.571. The maximum atomic E-state index is 12.4. The second kappa shape index (κ2) is 5.07. The maximum absolute atomic E-state index is 12.4. The molecule has 19 heavy (non-hydrogen) atoms. The number of furan rings is 1. The molecule has 1 fully saturated rings. The van der Waals surface area contributed by atoms with Gasteiger partial charge in [-0.3, -0.25) is 9.59 Å². The Labute approximate surface area is 112 Å². The van der Waals surface area contributed by atoms with Gasteiger partial charge in [-0.2, -0.15) is 0 Å². The van der Waals surface area contributed by atoms with Crippen molar-refractivity contribution in [3.8, 4) is 0 Å². The van der Waals surface area contributed by atoms with Crippen LogP contribution in [0.15, 0.2) is 10.5 Å². The van der Waals surface area contributed by atoms with Gasteiger partial charge < -0.3 is 14.4 Å². The van der Waals surface area contributed by atoms with Gasteiger partial charge in [-0.15, -0.1) is 0 Å². The number of carbonyl (C=O) groups is 2. The van der Waals surface area contributed by atoms with Gasteiger partial charge in [-0.05, 0) is 25.8 Å². The summed E-state index contributed by atoms with van der Waals surface area (Å²) in [6, 6.07) is 1.81. The number of rotatable bonds is 5. The molecule has 0 bridgehead atoms. The molecule has 1 aliphatic rings. The van der Waals surface area contributed by atoms with Crippen molar-refractivity contribution < 1.29 is 19.1 Å². The van der Waals surface area contributed by atoms with E-state index in [1.54, 1.807) is 13.0 Å². The first-order chi connectivity index (χ1) is 8.90. The molecule has 1 saturated carbocycles. The summed E-state index contributed by atoms with van der Waals surface area (Å²) < 4.78 is 5.56. The van der Waals surface area contributed by atoms with E-state index < -0.39 is 5.97 Å². The molecule has 1 aliphatic carbocycles. The van der Waals surface area contributed by atoms with E-state index in [-0.39, 0.29) is 24.4 Å². The topological polar surface area (TPSA) is 70.8 Å². The van der Waals surface area contributed by atoms with Crippen LogP contribution in [0.5, 0.6) is 0 Å². The fourth-order valence-corrected chi connectivity index (χ4v) is 2.06. The molecule has 1 aromatic rings. The predicted octanol–water partition coefficient (Wildman–Crippen LogP) is 2.40. The Hall–Kier alpha value is -1.78. The highest BCUT2D eigenvalue weighted by Gasteiger charge is 2.35. The number of carboxylic acids is 1. The zero-order valence-corrected chi connectivity index (χ0v) is 11.5. The number of hydrogen-bond donors (Lipinski definition) is 1. The minimum Gasteiger partial charge on any atom is -0.480 e. The molecule has 0 radical (unpaired) electrons. The Morgan fingerprint density at radius 1 is 1.47 bits per heavy atom. The summed E-state index contributed by atoms with van der Waals surface area (Å²) in [7, 11) is 0. The molecule has 0 saturated heterocycles. The first kappa shape index (κ1) is 13.6. The van der Waals surface area contributed by atoms with Gasteiger partial charge in [0.25, 0.3) is 5.91 Å². The summed E-state index contributed by atoms with van der Waals surface area (Å²) in [4.78, 5) is 24.7. The number of nitrogens with zero attached hydrogens (tertiary/aromatic N) is 1. The third-order valence-electron chi connectivity index (χ3n) is 3.29. The van der Waals surface area contributed by atoms with Gasteiger partial charge in [0.05, 0.1) is 5.56 Å². The second-order valence-corrected chi connectivity index (χ2v) is 5.33. The lowest BCUT2D eigenvalue weighted by Crippen LogP contribution is -2.37. The van der Waals surface area contributed by atoms with Crippen LogP contribution in [-0.4, -0.2) is 34.5 Å². The molecule has 0 aliphatic heterocycles. The summed E-state index contributed by atoms with van der Waals surface area (Å²) >= 11 is 0. The van der Waals surface area contributed by atoms with E-state index in [4.69, 9.17) is 9.52 Å². The van der Waals surface area contributed by atoms with Crippen molar-refractivity contribution in [2.24, 2.45) is 0 Å². The fourth-order valence-electron chi connectivity index (χ4n) is 2.06. The summed E-state index contributed by atoms with van der Waals surface area (Å²) in [5.74, 6) is 0.300. The van der Waals surface area contributed by atoms with Gasteiger partial charge in [-0.25, -0.2) is 0 Å². The van der Waals surface area contributed by atoms with Crippen LogP contribution in [0, 0.1) is 6.92 Å². The van der Waals surface area contributed by atoms with E-state index in [9.17, 15) is 9.59 Å². The minimum atomic E-state index is -0.981. The maximum Gasteiger partial charge on any atom is 0.323 e. The molecular weight excluding hydrogens is 246 g/mol. The molecule has 0 atom stereocenters. The Balaban J connectivity index is 2.23. The van der Waals surface area contributed by atoms with Crippen molar-refractivity contribution in [2.45, 2.75) is 45.6 Å². The average molecular weight is 265 g/mol. The van der Waals surface area contributed by atoms with Crippen LogP contribution in [0.2, 0.25) is 0 Å². The summed E-state index contributed by atoms with van der Waals surface area (Å²) in [5.41, 5.74) is 0.483. The molecule has 1 N–H and O–H groups in total. The van der Waals surface area contributed by atoms with Crippen LogP contribution in [0.4, 0.5) is 0 Å². The van der Waals surface area contributed by atoms with E-state index in [1.807, 2.05) is 13.8 Å². The number of carboxylic acid groups (broad SMARTS) is 1. The van der Waals surface area contributed by atoms with Crippen molar-refractivity contribution in [1.29, 1.82) is 0 Å². The highest BCUT2D eigenvalue weighted by atomic mass is 16.4. The van der Waals surface area contributed by atoms with Gasteiger partial charge >= 0.3 is 5.97 Å². The monoisotopic (exact) mass is 265 g/mol. The largest absolute Gasteiger partial charge is 0.480 e. The highest BCUT2D eigenvalue weighted by molar-refractivity contribution is 5.97. The molecule has 104 valence electrons. The Kier molecular flexibility index (Phi) is 3.64.